The SMILES string of the molecule is CCc1nc2ccccc2n1C1CCN(c2nc(C(F)F)nc3ccccc23)CC1. The highest BCUT2D eigenvalue weighted by Gasteiger charge is 2.26. The molecule has 0 spiro atoms. The molecule has 0 atom stereocenters. The van der Waals surface area contributed by atoms with E-state index >= 15 is 0 Å². The molecule has 2 aromatic carbocycles. The van der Waals surface area contributed by atoms with Crippen molar-refractivity contribution in [2.24, 2.45) is 0 Å². The Kier molecular flexibility index (Phi) is 4.81. The molecule has 3 heterocycles. The van der Waals surface area contributed by atoms with Crippen molar-refractivity contribution >= 4 is 27.8 Å². The summed E-state index contributed by atoms with van der Waals surface area (Å²) >= 11 is 0. The van der Waals surface area contributed by atoms with Crippen LogP contribution in [-0.4, -0.2) is 32.6 Å². The number of anilines is 1. The maximum absolute atomic E-state index is 13.4. The molecule has 2 aromatic heterocycles. The summed E-state index contributed by atoms with van der Waals surface area (Å²) in [6.45, 7) is 3.64. The minimum atomic E-state index is -2.68. The summed E-state index contributed by atoms with van der Waals surface area (Å²) in [7, 11) is 0. The molecule has 0 aliphatic carbocycles. The number of hydrogen-bond donors (Lipinski definition) is 0. The smallest absolute Gasteiger partial charge is 0.297 e. The van der Waals surface area contributed by atoms with Gasteiger partial charge in [-0.1, -0.05) is 31.2 Å². The number of imidazole rings is 1. The van der Waals surface area contributed by atoms with Crippen molar-refractivity contribution in [3.63, 3.8) is 0 Å². The van der Waals surface area contributed by atoms with Gasteiger partial charge in [0, 0.05) is 30.9 Å². The first-order chi connectivity index (χ1) is 14.7. The Morgan fingerprint density at radius 3 is 2.37 bits per heavy atom. The van der Waals surface area contributed by atoms with E-state index < -0.39 is 12.2 Å². The van der Waals surface area contributed by atoms with Gasteiger partial charge in [-0.25, -0.2) is 23.7 Å². The normalized spacial score (nSPS) is 15.5. The van der Waals surface area contributed by atoms with Gasteiger partial charge in [-0.15, -0.1) is 0 Å². The van der Waals surface area contributed by atoms with Crippen LogP contribution in [0.25, 0.3) is 21.9 Å². The van der Waals surface area contributed by atoms with E-state index in [4.69, 9.17) is 4.98 Å². The molecule has 7 heteroatoms. The maximum atomic E-state index is 13.4. The van der Waals surface area contributed by atoms with Gasteiger partial charge in [0.15, 0.2) is 5.82 Å². The Bertz CT molecular complexity index is 1190. The van der Waals surface area contributed by atoms with Crippen molar-refractivity contribution in [1.29, 1.82) is 0 Å². The van der Waals surface area contributed by atoms with Gasteiger partial charge in [0.25, 0.3) is 6.43 Å². The lowest BCUT2D eigenvalue weighted by Gasteiger charge is -2.35. The number of nitrogens with zero attached hydrogens (tertiary/aromatic N) is 5. The van der Waals surface area contributed by atoms with Gasteiger partial charge in [-0.3, -0.25) is 0 Å². The van der Waals surface area contributed by atoms with Gasteiger partial charge in [0.1, 0.15) is 11.6 Å². The number of para-hydroxylation sites is 3. The van der Waals surface area contributed by atoms with Crippen LogP contribution in [0.4, 0.5) is 14.6 Å². The highest BCUT2D eigenvalue weighted by molar-refractivity contribution is 5.89. The molecule has 1 fully saturated rings. The summed E-state index contributed by atoms with van der Waals surface area (Å²) in [5.74, 6) is 1.31. The topological polar surface area (TPSA) is 46.8 Å². The molecule has 30 heavy (non-hydrogen) atoms. The number of hydrogen-bond acceptors (Lipinski definition) is 4. The molecule has 1 aliphatic heterocycles. The van der Waals surface area contributed by atoms with Gasteiger partial charge in [-0.05, 0) is 37.1 Å². The lowest BCUT2D eigenvalue weighted by molar-refractivity contribution is 0.141. The molecular formula is C23H23F2N5. The molecule has 0 radical (unpaired) electrons. The second kappa shape index (κ2) is 7.63. The lowest BCUT2D eigenvalue weighted by atomic mass is 10.0. The molecule has 0 N–H and O–H groups in total. The van der Waals surface area contributed by atoms with E-state index in [0.29, 0.717) is 17.4 Å². The molecule has 5 rings (SSSR count). The number of piperidine rings is 1. The quantitative estimate of drug-likeness (QED) is 0.459. The molecule has 0 saturated carbocycles. The average Bonchev–Trinajstić information content (AvgIpc) is 3.17. The number of alkyl halides is 2. The Hall–Kier alpha value is -3.09. The van der Waals surface area contributed by atoms with Crippen molar-refractivity contribution in [1.82, 2.24) is 19.5 Å². The molecular weight excluding hydrogens is 384 g/mol. The van der Waals surface area contributed by atoms with Crippen LogP contribution in [0.15, 0.2) is 48.5 Å². The summed E-state index contributed by atoms with van der Waals surface area (Å²) < 4.78 is 29.1. The first-order valence-corrected chi connectivity index (χ1v) is 10.4. The summed E-state index contributed by atoms with van der Waals surface area (Å²) in [6.07, 6.45) is 0.0181. The molecule has 0 unspecified atom stereocenters. The Labute approximate surface area is 173 Å². The van der Waals surface area contributed by atoms with E-state index in [9.17, 15) is 8.78 Å². The van der Waals surface area contributed by atoms with Crippen molar-refractivity contribution in [3.8, 4) is 0 Å². The second-order valence-corrected chi connectivity index (χ2v) is 7.68. The number of aryl methyl sites for hydroxylation is 1. The van der Waals surface area contributed by atoms with Crippen LogP contribution in [0.1, 0.15) is 43.9 Å². The molecule has 0 amide bonds. The zero-order valence-electron chi connectivity index (χ0n) is 16.8. The number of aromatic nitrogens is 4. The first-order valence-electron chi connectivity index (χ1n) is 10.4. The third-order valence-electron chi connectivity index (χ3n) is 5.91. The number of fused-ring (bicyclic) bond motifs is 2. The zero-order valence-corrected chi connectivity index (χ0v) is 16.8. The van der Waals surface area contributed by atoms with Gasteiger partial charge in [-0.2, -0.15) is 0 Å². The third-order valence-corrected chi connectivity index (χ3v) is 5.91. The van der Waals surface area contributed by atoms with Gasteiger partial charge in [0.05, 0.1) is 16.6 Å². The fourth-order valence-corrected chi connectivity index (χ4v) is 4.50. The molecule has 1 aliphatic rings. The van der Waals surface area contributed by atoms with E-state index in [2.05, 4.69) is 38.5 Å². The summed E-state index contributed by atoms with van der Waals surface area (Å²) in [4.78, 5) is 15.2. The predicted molar refractivity (Wildman–Crippen MR) is 114 cm³/mol. The molecule has 4 aromatic rings. The molecule has 1 saturated heterocycles. The monoisotopic (exact) mass is 407 g/mol. The van der Waals surface area contributed by atoms with E-state index in [1.54, 1.807) is 6.07 Å². The van der Waals surface area contributed by atoms with Gasteiger partial charge >= 0.3 is 0 Å². The maximum Gasteiger partial charge on any atom is 0.297 e. The molecule has 154 valence electrons. The lowest BCUT2D eigenvalue weighted by Crippen LogP contribution is -2.36. The van der Waals surface area contributed by atoms with Crippen molar-refractivity contribution in [3.05, 3.63) is 60.2 Å². The highest BCUT2D eigenvalue weighted by Crippen LogP contribution is 2.33. The van der Waals surface area contributed by atoms with Crippen molar-refractivity contribution in [2.75, 3.05) is 18.0 Å². The zero-order chi connectivity index (χ0) is 20.7. The number of rotatable bonds is 4. The van der Waals surface area contributed by atoms with Gasteiger partial charge in [0.2, 0.25) is 0 Å². The van der Waals surface area contributed by atoms with E-state index in [1.165, 1.54) is 5.52 Å². The second-order valence-electron chi connectivity index (χ2n) is 7.68. The predicted octanol–water partition coefficient (Wildman–Crippen LogP) is 5.32. The van der Waals surface area contributed by atoms with Crippen LogP contribution < -0.4 is 4.90 Å². The largest absolute Gasteiger partial charge is 0.356 e. The molecule has 5 nitrogen and oxygen atoms in total. The van der Waals surface area contributed by atoms with Crippen LogP contribution in [0, 0.1) is 0 Å². The van der Waals surface area contributed by atoms with Crippen LogP contribution in [0.5, 0.6) is 0 Å². The minimum absolute atomic E-state index is 0.339. The third kappa shape index (κ3) is 3.18. The van der Waals surface area contributed by atoms with Crippen molar-refractivity contribution < 1.29 is 8.78 Å². The molecule has 0 bridgehead atoms. The van der Waals surface area contributed by atoms with E-state index in [1.807, 2.05) is 30.3 Å². The van der Waals surface area contributed by atoms with Crippen LogP contribution in [-0.2, 0) is 6.42 Å². The standard InChI is InChI=1S/C23H23F2N5/c1-2-20-26-18-9-5-6-10-19(18)30(20)15-11-13-29(14-12-15)23-16-7-3-4-8-17(16)27-22(28-23)21(24)25/h3-10,15,21H,2,11-14H2,1H3. The van der Waals surface area contributed by atoms with Gasteiger partial charge < -0.3 is 9.47 Å². The Balaban J connectivity index is 1.46. The van der Waals surface area contributed by atoms with Crippen molar-refractivity contribution in [2.45, 2.75) is 38.7 Å². The fraction of sp³-hybridized carbons (Fsp3) is 0.348. The number of benzene rings is 2. The van der Waals surface area contributed by atoms with Crippen LogP contribution in [0.3, 0.4) is 0 Å². The summed E-state index contributed by atoms with van der Waals surface area (Å²) in [5, 5.41) is 0.822. The first kappa shape index (κ1) is 18.9. The minimum Gasteiger partial charge on any atom is -0.356 e. The van der Waals surface area contributed by atoms with E-state index in [-0.39, 0.29) is 0 Å². The van der Waals surface area contributed by atoms with Crippen LogP contribution in [0.2, 0.25) is 0 Å². The number of halogens is 2. The fourth-order valence-electron chi connectivity index (χ4n) is 4.50. The summed E-state index contributed by atoms with van der Waals surface area (Å²) in [5.41, 5.74) is 2.76. The van der Waals surface area contributed by atoms with E-state index in [0.717, 1.165) is 49.1 Å². The highest BCUT2D eigenvalue weighted by atomic mass is 19.3. The Morgan fingerprint density at radius 1 is 0.933 bits per heavy atom. The van der Waals surface area contributed by atoms with Crippen LogP contribution >= 0.6 is 0 Å². The summed E-state index contributed by atoms with van der Waals surface area (Å²) in [6, 6.07) is 16.0. The Morgan fingerprint density at radius 2 is 1.63 bits per heavy atom. The average molecular weight is 407 g/mol.